The largest absolute Gasteiger partial charge is 0.361 e. The molecule has 0 unspecified atom stereocenters. The quantitative estimate of drug-likeness (QED) is 0.434. The Morgan fingerprint density at radius 3 is 2.93 bits per heavy atom. The van der Waals surface area contributed by atoms with Gasteiger partial charge in [0, 0.05) is 28.9 Å². The minimum absolute atomic E-state index is 0.175. The van der Waals surface area contributed by atoms with E-state index in [-0.39, 0.29) is 6.54 Å². The second-order valence-corrected chi connectivity index (χ2v) is 2.80. The Labute approximate surface area is 85.2 Å². The molecule has 0 atom stereocenters. The lowest BCUT2D eigenvalue weighted by molar-refractivity contribution is 0.387. The van der Waals surface area contributed by atoms with Crippen LogP contribution in [0.2, 0.25) is 0 Å². The minimum atomic E-state index is 0.175. The zero-order valence-corrected chi connectivity index (χ0v) is 7.74. The molecule has 2 aromatic rings. The van der Waals surface area contributed by atoms with Crippen molar-refractivity contribution in [3.05, 3.63) is 46.8 Å². The Balaban J connectivity index is 2.24. The van der Waals surface area contributed by atoms with Crippen LogP contribution in [-0.4, -0.2) is 10.1 Å². The van der Waals surface area contributed by atoms with E-state index in [1.165, 1.54) is 0 Å². The molecule has 2 rings (SSSR count). The Bertz CT molecular complexity index is 486. The van der Waals surface area contributed by atoms with Gasteiger partial charge in [0.2, 0.25) is 0 Å². The summed E-state index contributed by atoms with van der Waals surface area (Å²) in [6.45, 7) is 0.175. The summed E-state index contributed by atoms with van der Waals surface area (Å²) in [5, 5.41) is 7.24. The third-order valence-corrected chi connectivity index (χ3v) is 1.82. The van der Waals surface area contributed by atoms with Crippen LogP contribution in [0.4, 0.5) is 0 Å². The average molecular weight is 201 g/mol. The number of aromatic nitrogens is 2. The van der Waals surface area contributed by atoms with Crippen molar-refractivity contribution >= 4 is 0 Å². The molecule has 0 bridgehead atoms. The van der Waals surface area contributed by atoms with Gasteiger partial charge in [-0.05, 0) is 17.7 Å². The highest BCUT2D eigenvalue weighted by atomic mass is 16.5. The molecule has 74 valence electrons. The normalized spacial score (nSPS) is 9.60. The van der Waals surface area contributed by atoms with Crippen LogP contribution in [0.25, 0.3) is 21.7 Å². The van der Waals surface area contributed by atoms with Gasteiger partial charge in [-0.25, -0.2) is 0 Å². The fourth-order valence-corrected chi connectivity index (χ4v) is 1.15. The fourth-order valence-electron chi connectivity index (χ4n) is 1.15. The summed E-state index contributed by atoms with van der Waals surface area (Å²) in [7, 11) is 0. The summed E-state index contributed by atoms with van der Waals surface area (Å²) in [4.78, 5) is 6.54. The second-order valence-electron chi connectivity index (χ2n) is 2.80. The van der Waals surface area contributed by atoms with Gasteiger partial charge in [-0.1, -0.05) is 10.3 Å². The molecule has 2 aromatic heterocycles. The zero-order valence-electron chi connectivity index (χ0n) is 7.74. The predicted molar refractivity (Wildman–Crippen MR) is 52.6 cm³/mol. The van der Waals surface area contributed by atoms with Crippen molar-refractivity contribution in [2.45, 2.75) is 6.54 Å². The minimum Gasteiger partial charge on any atom is -0.361 e. The van der Waals surface area contributed by atoms with Crippen molar-refractivity contribution in [1.82, 2.24) is 10.1 Å². The smallest absolute Gasteiger partial charge is 0.143 e. The highest BCUT2D eigenvalue weighted by Gasteiger charge is 2.04. The third-order valence-electron chi connectivity index (χ3n) is 1.82. The van der Waals surface area contributed by atoms with Gasteiger partial charge in [-0.15, -0.1) is 0 Å². The van der Waals surface area contributed by atoms with Crippen LogP contribution in [0.5, 0.6) is 0 Å². The number of hydrogen-bond donors (Lipinski definition) is 0. The van der Waals surface area contributed by atoms with Gasteiger partial charge in [0.1, 0.15) is 11.5 Å². The van der Waals surface area contributed by atoms with Gasteiger partial charge in [0.25, 0.3) is 0 Å². The first-order valence-corrected chi connectivity index (χ1v) is 4.27. The summed E-state index contributed by atoms with van der Waals surface area (Å²) < 4.78 is 4.99. The van der Waals surface area contributed by atoms with Crippen LogP contribution in [0.1, 0.15) is 5.76 Å². The van der Waals surface area contributed by atoms with E-state index in [0.717, 1.165) is 5.56 Å². The van der Waals surface area contributed by atoms with Crippen molar-refractivity contribution < 1.29 is 4.52 Å². The maximum atomic E-state index is 8.14. The Hall–Kier alpha value is -2.33. The molecule has 0 saturated carbocycles. The standard InChI is InChI=1S/C9H7N5O/c10-14-12-6-8-5-9(13-15-8)7-1-3-11-4-2-7/h1-5H,6H2. The third kappa shape index (κ3) is 2.12. The van der Waals surface area contributed by atoms with Crippen molar-refractivity contribution in [1.29, 1.82) is 0 Å². The van der Waals surface area contributed by atoms with Crippen molar-refractivity contribution in [2.24, 2.45) is 5.11 Å². The number of hydrogen-bond acceptors (Lipinski definition) is 4. The summed E-state index contributed by atoms with van der Waals surface area (Å²) in [5.74, 6) is 0.541. The summed E-state index contributed by atoms with van der Waals surface area (Å²) in [6, 6.07) is 5.40. The van der Waals surface area contributed by atoms with Crippen molar-refractivity contribution in [3.63, 3.8) is 0 Å². The van der Waals surface area contributed by atoms with Crippen molar-refractivity contribution in [3.8, 4) is 11.3 Å². The van der Waals surface area contributed by atoms with E-state index in [1.807, 2.05) is 12.1 Å². The van der Waals surface area contributed by atoms with E-state index in [1.54, 1.807) is 18.5 Å². The molecule has 0 aliphatic rings. The molecule has 2 heterocycles. The maximum absolute atomic E-state index is 8.14. The molecule has 0 aliphatic heterocycles. The molecule has 0 N–H and O–H groups in total. The highest BCUT2D eigenvalue weighted by Crippen LogP contribution is 2.18. The first-order chi connectivity index (χ1) is 7.40. The number of rotatable bonds is 3. The number of pyridine rings is 1. The molecule has 0 aliphatic carbocycles. The number of azide groups is 1. The molecule has 6 nitrogen and oxygen atoms in total. The van der Waals surface area contributed by atoms with Crippen molar-refractivity contribution in [2.75, 3.05) is 0 Å². The molecule has 6 heteroatoms. The molecule has 0 saturated heterocycles. The first kappa shape index (κ1) is 9.23. The molecule has 0 aromatic carbocycles. The number of nitrogens with zero attached hydrogens (tertiary/aromatic N) is 5. The molecule has 0 spiro atoms. The maximum Gasteiger partial charge on any atom is 0.143 e. The first-order valence-electron chi connectivity index (χ1n) is 4.27. The molecular weight excluding hydrogens is 194 g/mol. The van der Waals surface area contributed by atoms with E-state index >= 15 is 0 Å². The summed E-state index contributed by atoms with van der Waals surface area (Å²) >= 11 is 0. The predicted octanol–water partition coefficient (Wildman–Crippen LogP) is 2.55. The van der Waals surface area contributed by atoms with Crippen LogP contribution >= 0.6 is 0 Å². The van der Waals surface area contributed by atoms with E-state index in [0.29, 0.717) is 11.5 Å². The van der Waals surface area contributed by atoms with Crippen LogP contribution in [0.3, 0.4) is 0 Å². The van der Waals surface area contributed by atoms with E-state index in [9.17, 15) is 0 Å². The lowest BCUT2D eigenvalue weighted by Crippen LogP contribution is -1.76. The topological polar surface area (TPSA) is 87.7 Å². The van der Waals surface area contributed by atoms with Crippen LogP contribution < -0.4 is 0 Å². The molecule has 0 fully saturated rings. The Morgan fingerprint density at radius 2 is 2.20 bits per heavy atom. The van der Waals surface area contributed by atoms with Gasteiger partial charge in [-0.2, -0.15) is 0 Å². The van der Waals surface area contributed by atoms with Gasteiger partial charge in [-0.3, -0.25) is 4.98 Å². The average Bonchev–Trinajstić information content (AvgIpc) is 2.76. The fraction of sp³-hybridized carbons (Fsp3) is 0.111. The van der Waals surface area contributed by atoms with Gasteiger partial charge in [0.05, 0.1) is 6.54 Å². The molecule has 15 heavy (non-hydrogen) atoms. The second kappa shape index (κ2) is 4.26. The van der Waals surface area contributed by atoms with E-state index in [4.69, 9.17) is 10.1 Å². The SMILES string of the molecule is [N-]=[N+]=NCc1cc(-c2ccncc2)no1. The van der Waals surface area contributed by atoms with Crippen LogP contribution in [0, 0.1) is 0 Å². The molecular formula is C9H7N5O. The highest BCUT2D eigenvalue weighted by molar-refractivity contribution is 5.57. The van der Waals surface area contributed by atoms with Gasteiger partial charge < -0.3 is 4.52 Å². The Kier molecular flexibility index (Phi) is 2.62. The lowest BCUT2D eigenvalue weighted by atomic mass is 10.2. The molecule has 0 amide bonds. The van der Waals surface area contributed by atoms with E-state index < -0.39 is 0 Å². The zero-order chi connectivity index (χ0) is 10.5. The summed E-state index contributed by atoms with van der Waals surface area (Å²) in [5.41, 5.74) is 9.77. The lowest BCUT2D eigenvalue weighted by Gasteiger charge is -1.90. The van der Waals surface area contributed by atoms with Gasteiger partial charge in [0.15, 0.2) is 0 Å². The van der Waals surface area contributed by atoms with Gasteiger partial charge >= 0.3 is 0 Å². The Morgan fingerprint density at radius 1 is 1.40 bits per heavy atom. The van der Waals surface area contributed by atoms with E-state index in [2.05, 4.69) is 20.2 Å². The van der Waals surface area contributed by atoms with Crippen LogP contribution in [0.15, 0.2) is 40.2 Å². The summed E-state index contributed by atoms with van der Waals surface area (Å²) in [6.07, 6.45) is 3.36. The monoisotopic (exact) mass is 201 g/mol. The van der Waals surface area contributed by atoms with Crippen LogP contribution in [-0.2, 0) is 6.54 Å². The molecule has 0 radical (unpaired) electrons.